The van der Waals surface area contributed by atoms with Gasteiger partial charge in [-0.15, -0.1) is 0 Å². The molecule has 0 radical (unpaired) electrons. The summed E-state index contributed by atoms with van der Waals surface area (Å²) in [4.78, 5) is 4.34. The van der Waals surface area contributed by atoms with Crippen molar-refractivity contribution in [2.75, 3.05) is 27.9 Å². The molecule has 0 fully saturated rings. The van der Waals surface area contributed by atoms with E-state index in [-0.39, 0.29) is 6.61 Å². The van der Waals surface area contributed by atoms with Crippen LogP contribution in [-0.2, 0) is 10.3 Å². The molecule has 7 nitrogen and oxygen atoms in total. The average Bonchev–Trinajstić information content (AvgIpc) is 2.97. The molecule has 0 amide bonds. The van der Waals surface area contributed by atoms with Crippen LogP contribution < -0.4 is 15.2 Å². The fourth-order valence-electron chi connectivity index (χ4n) is 1.91. The van der Waals surface area contributed by atoms with E-state index in [1.165, 1.54) is 0 Å². The first-order chi connectivity index (χ1) is 10.0. The third-order valence-electron chi connectivity index (χ3n) is 3.02. The summed E-state index contributed by atoms with van der Waals surface area (Å²) in [6, 6.07) is 5.33. The fourth-order valence-corrected chi connectivity index (χ4v) is 1.91. The third-order valence-corrected chi connectivity index (χ3v) is 3.02. The molecule has 0 aliphatic heterocycles. The number of hydrogen-bond acceptors (Lipinski definition) is 7. The van der Waals surface area contributed by atoms with Gasteiger partial charge in [-0.25, -0.2) is 0 Å². The fraction of sp³-hybridized carbons (Fsp3) is 0.429. The minimum absolute atomic E-state index is 0.279. The molecular formula is C14H19N3O4. The SMILES string of the molecule is COCC(C)(N)c1noc(-c2cc(OC)ccc2OC)n1. The zero-order valence-corrected chi connectivity index (χ0v) is 12.5. The molecule has 1 aromatic carbocycles. The van der Waals surface area contributed by atoms with Gasteiger partial charge in [0, 0.05) is 7.11 Å². The van der Waals surface area contributed by atoms with E-state index in [1.807, 2.05) is 0 Å². The van der Waals surface area contributed by atoms with Gasteiger partial charge < -0.3 is 24.5 Å². The van der Waals surface area contributed by atoms with Gasteiger partial charge in [0.15, 0.2) is 5.82 Å². The summed E-state index contributed by atoms with van der Waals surface area (Å²) in [5.41, 5.74) is 5.91. The Morgan fingerprint density at radius 3 is 2.62 bits per heavy atom. The smallest absolute Gasteiger partial charge is 0.261 e. The Morgan fingerprint density at radius 1 is 1.24 bits per heavy atom. The molecular weight excluding hydrogens is 274 g/mol. The maximum absolute atomic E-state index is 6.10. The first-order valence-electron chi connectivity index (χ1n) is 6.36. The van der Waals surface area contributed by atoms with E-state index in [0.29, 0.717) is 28.8 Å². The van der Waals surface area contributed by atoms with Gasteiger partial charge in [-0.1, -0.05) is 5.16 Å². The standard InChI is InChI=1S/C14H19N3O4/c1-14(15,8-18-2)13-16-12(21-17-13)10-7-9(19-3)5-6-11(10)20-4/h5-7H,8,15H2,1-4H3. The van der Waals surface area contributed by atoms with Crippen molar-refractivity contribution in [3.05, 3.63) is 24.0 Å². The van der Waals surface area contributed by atoms with Gasteiger partial charge in [0.2, 0.25) is 0 Å². The van der Waals surface area contributed by atoms with E-state index >= 15 is 0 Å². The van der Waals surface area contributed by atoms with Crippen molar-refractivity contribution in [1.82, 2.24) is 10.1 Å². The summed E-state index contributed by atoms with van der Waals surface area (Å²) in [7, 11) is 4.72. The highest BCUT2D eigenvalue weighted by atomic mass is 16.5. The number of hydrogen-bond donors (Lipinski definition) is 1. The number of ether oxygens (including phenoxy) is 3. The van der Waals surface area contributed by atoms with Crippen molar-refractivity contribution in [2.45, 2.75) is 12.5 Å². The van der Waals surface area contributed by atoms with E-state index in [9.17, 15) is 0 Å². The normalized spacial score (nSPS) is 13.8. The Hall–Kier alpha value is -2.12. The van der Waals surface area contributed by atoms with Crippen LogP contribution in [0.1, 0.15) is 12.7 Å². The molecule has 0 spiro atoms. The van der Waals surface area contributed by atoms with Crippen LogP contribution in [0.15, 0.2) is 22.7 Å². The van der Waals surface area contributed by atoms with Crippen molar-refractivity contribution in [1.29, 1.82) is 0 Å². The number of aromatic nitrogens is 2. The molecule has 0 saturated heterocycles. The lowest BCUT2D eigenvalue weighted by molar-refractivity contribution is 0.135. The van der Waals surface area contributed by atoms with Crippen LogP contribution in [0, 0.1) is 0 Å². The summed E-state index contributed by atoms with van der Waals surface area (Å²) in [5.74, 6) is 1.95. The van der Waals surface area contributed by atoms with Crippen LogP contribution in [0.5, 0.6) is 11.5 Å². The van der Waals surface area contributed by atoms with Crippen LogP contribution in [0.4, 0.5) is 0 Å². The maximum Gasteiger partial charge on any atom is 0.261 e. The lowest BCUT2D eigenvalue weighted by atomic mass is 10.1. The van der Waals surface area contributed by atoms with Crippen LogP contribution in [0.2, 0.25) is 0 Å². The Labute approximate surface area is 123 Å². The molecule has 0 saturated carbocycles. The van der Waals surface area contributed by atoms with Crippen LogP contribution in [-0.4, -0.2) is 38.1 Å². The summed E-state index contributed by atoms with van der Waals surface area (Å²) in [6.07, 6.45) is 0. The predicted octanol–water partition coefficient (Wildman–Crippen LogP) is 1.57. The summed E-state index contributed by atoms with van der Waals surface area (Å²) in [6.45, 7) is 2.05. The van der Waals surface area contributed by atoms with Gasteiger partial charge >= 0.3 is 0 Å². The topological polar surface area (TPSA) is 92.6 Å². The van der Waals surface area contributed by atoms with Crippen LogP contribution in [0.3, 0.4) is 0 Å². The molecule has 1 heterocycles. The van der Waals surface area contributed by atoms with Gasteiger partial charge in [-0.2, -0.15) is 4.98 Å². The molecule has 2 aromatic rings. The molecule has 7 heteroatoms. The zero-order chi connectivity index (χ0) is 15.5. The van der Waals surface area contributed by atoms with Crippen LogP contribution in [0.25, 0.3) is 11.5 Å². The summed E-state index contributed by atoms with van der Waals surface area (Å²) in [5, 5.41) is 3.93. The highest BCUT2D eigenvalue weighted by molar-refractivity contribution is 5.65. The van der Waals surface area contributed by atoms with Crippen LogP contribution >= 0.6 is 0 Å². The van der Waals surface area contributed by atoms with Crippen molar-refractivity contribution in [3.63, 3.8) is 0 Å². The predicted molar refractivity (Wildman–Crippen MR) is 76.3 cm³/mol. The summed E-state index contributed by atoms with van der Waals surface area (Å²) < 4.78 is 20.9. The number of nitrogens with zero attached hydrogens (tertiary/aromatic N) is 2. The second kappa shape index (κ2) is 6.11. The van der Waals surface area contributed by atoms with Gasteiger partial charge in [0.1, 0.15) is 17.0 Å². The molecule has 1 atom stereocenters. The first kappa shape index (κ1) is 15.3. The quantitative estimate of drug-likeness (QED) is 0.864. The van der Waals surface area contributed by atoms with E-state index in [2.05, 4.69) is 10.1 Å². The Morgan fingerprint density at radius 2 is 2.00 bits per heavy atom. The minimum Gasteiger partial charge on any atom is -0.497 e. The first-order valence-corrected chi connectivity index (χ1v) is 6.36. The average molecular weight is 293 g/mol. The molecule has 2 rings (SSSR count). The van der Waals surface area contributed by atoms with E-state index < -0.39 is 5.54 Å². The second-order valence-corrected chi connectivity index (χ2v) is 4.84. The molecule has 0 bridgehead atoms. The van der Waals surface area contributed by atoms with E-state index in [4.69, 9.17) is 24.5 Å². The van der Waals surface area contributed by atoms with Crippen molar-refractivity contribution in [3.8, 4) is 23.0 Å². The number of rotatable bonds is 6. The Bertz CT molecular complexity index is 610. The van der Waals surface area contributed by atoms with Gasteiger partial charge in [0.25, 0.3) is 5.89 Å². The van der Waals surface area contributed by atoms with Gasteiger partial charge in [-0.05, 0) is 25.1 Å². The third kappa shape index (κ3) is 3.14. The maximum atomic E-state index is 6.10. The lowest BCUT2D eigenvalue weighted by Gasteiger charge is -2.18. The largest absolute Gasteiger partial charge is 0.497 e. The van der Waals surface area contributed by atoms with Gasteiger partial charge in [0.05, 0.1) is 26.4 Å². The van der Waals surface area contributed by atoms with Crippen molar-refractivity contribution in [2.24, 2.45) is 5.73 Å². The van der Waals surface area contributed by atoms with Crippen molar-refractivity contribution < 1.29 is 18.7 Å². The van der Waals surface area contributed by atoms with E-state index in [0.717, 1.165) is 0 Å². The lowest BCUT2D eigenvalue weighted by Crippen LogP contribution is -2.38. The summed E-state index contributed by atoms with van der Waals surface area (Å²) >= 11 is 0. The molecule has 1 unspecified atom stereocenters. The Kier molecular flexibility index (Phi) is 4.44. The number of nitrogens with two attached hydrogens (primary N) is 1. The zero-order valence-electron chi connectivity index (χ0n) is 12.5. The molecule has 114 valence electrons. The van der Waals surface area contributed by atoms with E-state index in [1.54, 1.807) is 46.5 Å². The highest BCUT2D eigenvalue weighted by Crippen LogP contribution is 2.33. The molecule has 21 heavy (non-hydrogen) atoms. The molecule has 0 aliphatic carbocycles. The molecule has 1 aromatic heterocycles. The van der Waals surface area contributed by atoms with Crippen molar-refractivity contribution >= 4 is 0 Å². The molecule has 2 N–H and O–H groups in total. The second-order valence-electron chi connectivity index (χ2n) is 4.84. The Balaban J connectivity index is 2.41. The highest BCUT2D eigenvalue weighted by Gasteiger charge is 2.28. The van der Waals surface area contributed by atoms with Gasteiger partial charge in [-0.3, -0.25) is 0 Å². The number of methoxy groups -OCH3 is 3. The molecule has 0 aliphatic rings. The monoisotopic (exact) mass is 293 g/mol. The number of benzene rings is 1. The minimum atomic E-state index is -0.831.